The standard InChI is InChI=1S/C48H51N3O10S/c1-11-40(52)60-47(7,8)29-45(3,4)58-34-21-17-31(18-22-34)42(54)56-36-25-26-38(33(27-36)28-49-51-44-50-37-15-13-14-16-39(37)62-44)57-43(55)32-19-23-35(24-20-32)59-46(5,6)30-48(9,10)61-41(53)12-2/h11-28H,1-2,29-30H2,3-10H3,(H,50,51)/b49-28+. The number of nitrogens with one attached hydrogen (secondary N) is 1. The van der Waals surface area contributed by atoms with Gasteiger partial charge in [-0.2, -0.15) is 5.10 Å². The average molecular weight is 862 g/mol. The van der Waals surface area contributed by atoms with Crippen molar-refractivity contribution in [3.05, 3.63) is 133 Å². The molecule has 5 rings (SSSR count). The van der Waals surface area contributed by atoms with Crippen molar-refractivity contribution in [3.63, 3.8) is 0 Å². The topological polar surface area (TPSA) is 161 Å². The minimum absolute atomic E-state index is 0.147. The predicted molar refractivity (Wildman–Crippen MR) is 239 cm³/mol. The van der Waals surface area contributed by atoms with Gasteiger partial charge in [-0.25, -0.2) is 24.2 Å². The van der Waals surface area contributed by atoms with Crippen molar-refractivity contribution in [2.24, 2.45) is 5.10 Å². The molecule has 14 heteroatoms. The van der Waals surface area contributed by atoms with Gasteiger partial charge < -0.3 is 28.4 Å². The Morgan fingerprint density at radius 3 is 1.63 bits per heavy atom. The first kappa shape index (κ1) is 46.3. The molecule has 4 aromatic carbocycles. The van der Waals surface area contributed by atoms with Crippen LogP contribution >= 0.6 is 11.3 Å². The van der Waals surface area contributed by atoms with E-state index in [1.54, 1.807) is 76.2 Å². The number of benzene rings is 4. The summed E-state index contributed by atoms with van der Waals surface area (Å²) in [5, 5.41) is 4.89. The number of nitrogens with zero attached hydrogens (tertiary/aromatic N) is 2. The third-order valence-electron chi connectivity index (χ3n) is 8.81. The zero-order valence-corrected chi connectivity index (χ0v) is 36.9. The molecule has 13 nitrogen and oxygen atoms in total. The molecule has 0 aliphatic carbocycles. The number of thiazole rings is 1. The summed E-state index contributed by atoms with van der Waals surface area (Å²) in [7, 11) is 0. The number of anilines is 1. The number of hydrogen-bond acceptors (Lipinski definition) is 14. The van der Waals surface area contributed by atoms with E-state index in [2.05, 4.69) is 28.7 Å². The maximum absolute atomic E-state index is 13.5. The molecule has 1 heterocycles. The average Bonchev–Trinajstić information content (AvgIpc) is 3.60. The van der Waals surface area contributed by atoms with Crippen LogP contribution in [-0.2, 0) is 19.1 Å². The highest BCUT2D eigenvalue weighted by atomic mass is 32.1. The fourth-order valence-electron chi connectivity index (χ4n) is 6.96. The fourth-order valence-corrected chi connectivity index (χ4v) is 7.78. The van der Waals surface area contributed by atoms with E-state index in [4.69, 9.17) is 28.4 Å². The Balaban J connectivity index is 1.29. The Hall–Kier alpha value is -6.80. The summed E-state index contributed by atoms with van der Waals surface area (Å²) in [6.45, 7) is 21.6. The van der Waals surface area contributed by atoms with E-state index in [0.29, 0.717) is 35.0 Å². The number of carbonyl (C=O) groups excluding carboxylic acids is 4. The molecule has 1 aromatic heterocycles. The van der Waals surface area contributed by atoms with Crippen molar-refractivity contribution in [3.8, 4) is 23.0 Å². The van der Waals surface area contributed by atoms with Gasteiger partial charge in [0, 0.05) is 30.6 Å². The van der Waals surface area contributed by atoms with Gasteiger partial charge in [0.25, 0.3) is 0 Å². The molecule has 0 aliphatic heterocycles. The van der Waals surface area contributed by atoms with E-state index < -0.39 is 46.3 Å². The fraction of sp³-hybridized carbons (Fsp3) is 0.292. The maximum Gasteiger partial charge on any atom is 0.343 e. The highest BCUT2D eigenvalue weighted by Gasteiger charge is 2.34. The number of aromatic nitrogens is 1. The first-order valence-electron chi connectivity index (χ1n) is 19.7. The molecule has 0 bridgehead atoms. The van der Waals surface area contributed by atoms with Crippen molar-refractivity contribution in [1.29, 1.82) is 0 Å². The largest absolute Gasteiger partial charge is 0.488 e. The summed E-state index contributed by atoms with van der Waals surface area (Å²) >= 11 is 1.42. The van der Waals surface area contributed by atoms with Crippen LogP contribution in [0.2, 0.25) is 0 Å². The molecule has 1 N–H and O–H groups in total. The lowest BCUT2D eigenvalue weighted by Gasteiger charge is -2.34. The van der Waals surface area contributed by atoms with Crippen LogP contribution in [0, 0.1) is 0 Å². The monoisotopic (exact) mass is 861 g/mol. The van der Waals surface area contributed by atoms with Crippen molar-refractivity contribution < 1.29 is 47.6 Å². The van der Waals surface area contributed by atoms with Crippen molar-refractivity contribution in [2.75, 3.05) is 5.43 Å². The third-order valence-corrected chi connectivity index (χ3v) is 9.75. The van der Waals surface area contributed by atoms with Crippen LogP contribution in [0.4, 0.5) is 5.13 Å². The van der Waals surface area contributed by atoms with E-state index >= 15 is 0 Å². The number of hydrogen-bond donors (Lipinski definition) is 1. The quantitative estimate of drug-likeness (QED) is 0.0275. The van der Waals surface area contributed by atoms with Gasteiger partial charge >= 0.3 is 23.9 Å². The summed E-state index contributed by atoms with van der Waals surface area (Å²) in [6, 6.07) is 25.1. The molecular weight excluding hydrogens is 811 g/mol. The molecular formula is C48H51N3O10S. The van der Waals surface area contributed by atoms with Crippen molar-refractivity contribution in [2.45, 2.75) is 90.6 Å². The van der Waals surface area contributed by atoms with Gasteiger partial charge in [-0.05, 0) is 134 Å². The molecule has 0 fully saturated rings. The lowest BCUT2D eigenvalue weighted by molar-refractivity contribution is -0.155. The van der Waals surface area contributed by atoms with Crippen LogP contribution in [0.15, 0.2) is 121 Å². The van der Waals surface area contributed by atoms with E-state index in [-0.39, 0.29) is 22.6 Å². The van der Waals surface area contributed by atoms with Gasteiger partial charge in [0.2, 0.25) is 5.13 Å². The zero-order chi connectivity index (χ0) is 45.3. The van der Waals surface area contributed by atoms with Gasteiger partial charge in [-0.15, -0.1) is 0 Å². The summed E-state index contributed by atoms with van der Waals surface area (Å²) in [5.74, 6) is -1.02. The molecule has 62 heavy (non-hydrogen) atoms. The number of ether oxygens (including phenoxy) is 6. The van der Waals surface area contributed by atoms with Gasteiger partial charge in [-0.1, -0.05) is 36.6 Å². The number of para-hydroxylation sites is 1. The molecule has 0 aliphatic rings. The predicted octanol–water partition coefficient (Wildman–Crippen LogP) is 10.3. The van der Waals surface area contributed by atoms with Crippen molar-refractivity contribution >= 4 is 56.8 Å². The Kier molecular flexibility index (Phi) is 14.4. The third kappa shape index (κ3) is 13.6. The number of carbonyl (C=O) groups is 4. The minimum Gasteiger partial charge on any atom is -0.488 e. The molecule has 0 radical (unpaired) electrons. The van der Waals surface area contributed by atoms with E-state index in [0.717, 1.165) is 22.4 Å². The number of esters is 4. The smallest absolute Gasteiger partial charge is 0.343 e. The van der Waals surface area contributed by atoms with Crippen LogP contribution in [-0.4, -0.2) is 57.5 Å². The van der Waals surface area contributed by atoms with E-state index in [1.807, 2.05) is 52.0 Å². The van der Waals surface area contributed by atoms with E-state index in [1.165, 1.54) is 35.8 Å². The highest BCUT2D eigenvalue weighted by Crippen LogP contribution is 2.32. The van der Waals surface area contributed by atoms with Gasteiger partial charge in [-0.3, -0.25) is 5.43 Å². The molecule has 0 unspecified atom stereocenters. The van der Waals surface area contributed by atoms with Crippen LogP contribution in [0.3, 0.4) is 0 Å². The minimum atomic E-state index is -0.818. The molecule has 0 spiro atoms. The van der Waals surface area contributed by atoms with Crippen LogP contribution in [0.25, 0.3) is 10.2 Å². The number of hydrazone groups is 1. The van der Waals surface area contributed by atoms with Gasteiger partial charge in [0.15, 0.2) is 0 Å². The lowest BCUT2D eigenvalue weighted by Crippen LogP contribution is -2.40. The molecule has 0 saturated carbocycles. The second-order valence-electron chi connectivity index (χ2n) is 16.7. The van der Waals surface area contributed by atoms with Crippen molar-refractivity contribution in [1.82, 2.24) is 4.98 Å². The van der Waals surface area contributed by atoms with Crippen LogP contribution in [0.1, 0.15) is 94.5 Å². The van der Waals surface area contributed by atoms with Crippen LogP contribution < -0.4 is 24.4 Å². The molecule has 0 saturated heterocycles. The van der Waals surface area contributed by atoms with E-state index in [9.17, 15) is 19.2 Å². The second kappa shape index (κ2) is 19.3. The Morgan fingerprint density at radius 1 is 0.645 bits per heavy atom. The summed E-state index contributed by atoms with van der Waals surface area (Å²) in [6.07, 6.45) is 4.43. The Labute approximate surface area is 365 Å². The SMILES string of the molecule is C=CC(=O)OC(C)(C)CC(C)(C)Oc1ccc(C(=O)Oc2ccc(OC(=O)c3ccc(OC(C)(C)CC(C)(C)OC(=O)C=C)cc3)c(/C=N/Nc3nc4ccccc4s3)c2)cc1. The first-order chi connectivity index (χ1) is 29.1. The zero-order valence-electron chi connectivity index (χ0n) is 36.1. The summed E-state index contributed by atoms with van der Waals surface area (Å²) in [5.41, 5.74) is 1.48. The highest BCUT2D eigenvalue weighted by molar-refractivity contribution is 7.22. The van der Waals surface area contributed by atoms with Gasteiger partial charge in [0.05, 0.1) is 27.6 Å². The maximum atomic E-state index is 13.5. The molecule has 324 valence electrons. The summed E-state index contributed by atoms with van der Waals surface area (Å²) < 4.78 is 35.9. The molecule has 0 atom stereocenters. The van der Waals surface area contributed by atoms with Gasteiger partial charge in [0.1, 0.15) is 45.4 Å². The Morgan fingerprint density at radius 2 is 1.13 bits per heavy atom. The van der Waals surface area contributed by atoms with Crippen LogP contribution in [0.5, 0.6) is 23.0 Å². The normalized spacial score (nSPS) is 12.0. The summed E-state index contributed by atoms with van der Waals surface area (Å²) in [4.78, 5) is 54.9. The second-order valence-corrected chi connectivity index (χ2v) is 17.8. The number of fused-ring (bicyclic) bond motifs is 1. The molecule has 0 amide bonds. The first-order valence-corrected chi connectivity index (χ1v) is 20.5. The molecule has 5 aromatic rings. The lowest BCUT2D eigenvalue weighted by atomic mass is 9.92. The Bertz CT molecular complexity index is 2430. The number of rotatable bonds is 19.